The van der Waals surface area contributed by atoms with Crippen LogP contribution in [0.4, 0.5) is 10.7 Å². The maximum Gasteiger partial charge on any atom is 0.259 e. The fourth-order valence-corrected chi connectivity index (χ4v) is 6.31. The minimum atomic E-state index is -0.0943. The van der Waals surface area contributed by atoms with Gasteiger partial charge in [-0.1, -0.05) is 59.1 Å². The molecule has 206 valence electrons. The van der Waals surface area contributed by atoms with Crippen molar-refractivity contribution in [3.05, 3.63) is 104 Å². The number of fused-ring (bicyclic) bond motifs is 1. The van der Waals surface area contributed by atoms with Crippen LogP contribution in [-0.4, -0.2) is 18.7 Å². The van der Waals surface area contributed by atoms with Gasteiger partial charge in [0.1, 0.15) is 11.6 Å². The number of rotatable bonds is 9. The maximum absolute atomic E-state index is 13.6. The van der Waals surface area contributed by atoms with Crippen LogP contribution in [0.5, 0.6) is 11.5 Å². The van der Waals surface area contributed by atoms with Gasteiger partial charge in [-0.3, -0.25) is 4.79 Å². The predicted octanol–water partition coefficient (Wildman–Crippen LogP) is 9.15. The monoisotopic (exact) mass is 616 g/mol. The van der Waals surface area contributed by atoms with Crippen molar-refractivity contribution in [1.29, 1.82) is 0 Å². The number of amides is 1. The van der Waals surface area contributed by atoms with Gasteiger partial charge in [-0.2, -0.15) is 0 Å². The number of carbonyl (C=O) groups excluding carboxylic acids is 1. The van der Waals surface area contributed by atoms with Crippen molar-refractivity contribution >= 4 is 50.1 Å². The van der Waals surface area contributed by atoms with Gasteiger partial charge < -0.3 is 14.8 Å². The van der Waals surface area contributed by atoms with Crippen molar-refractivity contribution in [2.24, 2.45) is 4.99 Å². The molecule has 1 heterocycles. The summed E-state index contributed by atoms with van der Waals surface area (Å²) < 4.78 is 13.0. The molecule has 0 aliphatic heterocycles. The van der Waals surface area contributed by atoms with Gasteiger partial charge in [0.2, 0.25) is 0 Å². The molecule has 5 nitrogen and oxygen atoms in total. The highest BCUT2D eigenvalue weighted by Crippen LogP contribution is 2.39. The van der Waals surface area contributed by atoms with Crippen molar-refractivity contribution in [3.8, 4) is 11.5 Å². The first-order valence-electron chi connectivity index (χ1n) is 13.8. The molecule has 0 radical (unpaired) electrons. The van der Waals surface area contributed by atoms with E-state index < -0.39 is 0 Å². The Morgan fingerprint density at radius 3 is 2.50 bits per heavy atom. The number of ether oxygens (including phenoxy) is 2. The lowest BCUT2D eigenvalue weighted by Gasteiger charge is -2.13. The molecule has 4 aromatic rings. The number of benzene rings is 3. The van der Waals surface area contributed by atoms with Gasteiger partial charge in [-0.15, -0.1) is 11.3 Å². The number of aliphatic imine (C=N–C) groups is 1. The largest absolute Gasteiger partial charge is 0.490 e. The van der Waals surface area contributed by atoms with Gasteiger partial charge in [-0.25, -0.2) is 4.99 Å². The summed E-state index contributed by atoms with van der Waals surface area (Å²) in [5.74, 6) is 1.26. The molecule has 0 fully saturated rings. The van der Waals surface area contributed by atoms with E-state index in [9.17, 15) is 4.79 Å². The first-order chi connectivity index (χ1) is 19.6. The number of aryl methyl sites for hydroxylation is 1. The van der Waals surface area contributed by atoms with E-state index in [0.717, 1.165) is 57.5 Å². The van der Waals surface area contributed by atoms with Gasteiger partial charge >= 0.3 is 0 Å². The van der Waals surface area contributed by atoms with Crippen LogP contribution in [0.1, 0.15) is 64.5 Å². The average Bonchev–Trinajstić information content (AvgIpc) is 3.29. The SMILES string of the molecule is CCOc1cc(C=Nc2sc3c(c2C(=O)Nc2ccccc2)CCCCCC3)ccc1OCc1ccc(Br)cc1. The van der Waals surface area contributed by atoms with E-state index in [1.54, 1.807) is 11.3 Å². The second-order valence-corrected chi connectivity index (χ2v) is 11.7. The van der Waals surface area contributed by atoms with Crippen molar-refractivity contribution in [1.82, 2.24) is 0 Å². The van der Waals surface area contributed by atoms with Crippen LogP contribution in [0.3, 0.4) is 0 Å². The molecule has 1 amide bonds. The van der Waals surface area contributed by atoms with E-state index in [-0.39, 0.29) is 5.91 Å². The number of para-hydroxylation sites is 1. The first-order valence-corrected chi connectivity index (χ1v) is 15.4. The first kappa shape index (κ1) is 28.1. The van der Waals surface area contributed by atoms with E-state index in [2.05, 4.69) is 21.2 Å². The minimum Gasteiger partial charge on any atom is -0.490 e. The topological polar surface area (TPSA) is 59.9 Å². The summed E-state index contributed by atoms with van der Waals surface area (Å²) in [7, 11) is 0. The Hall–Kier alpha value is -3.42. The number of carbonyl (C=O) groups is 1. The smallest absolute Gasteiger partial charge is 0.259 e. The number of nitrogens with one attached hydrogen (secondary N) is 1. The second kappa shape index (κ2) is 13.8. The number of hydrogen-bond donors (Lipinski definition) is 1. The Kier molecular flexibility index (Phi) is 9.68. The normalized spacial score (nSPS) is 13.3. The molecule has 0 atom stereocenters. The van der Waals surface area contributed by atoms with Crippen LogP contribution in [0.15, 0.2) is 82.3 Å². The zero-order chi connectivity index (χ0) is 27.7. The lowest BCUT2D eigenvalue weighted by molar-refractivity contribution is 0.102. The summed E-state index contributed by atoms with van der Waals surface area (Å²) in [5, 5.41) is 3.85. The quantitative estimate of drug-likeness (QED) is 0.191. The van der Waals surface area contributed by atoms with Crippen molar-refractivity contribution in [3.63, 3.8) is 0 Å². The molecule has 3 aromatic carbocycles. The molecule has 0 saturated heterocycles. The molecule has 0 bridgehead atoms. The highest BCUT2D eigenvalue weighted by Gasteiger charge is 2.24. The van der Waals surface area contributed by atoms with Crippen molar-refractivity contribution < 1.29 is 14.3 Å². The fourth-order valence-electron chi connectivity index (χ4n) is 4.81. The minimum absolute atomic E-state index is 0.0943. The molecule has 0 spiro atoms. The molecule has 1 aromatic heterocycles. The fraction of sp³-hybridized carbons (Fsp3) is 0.273. The zero-order valence-corrected chi connectivity index (χ0v) is 25.0. The molecular formula is C33H33BrN2O3S. The highest BCUT2D eigenvalue weighted by molar-refractivity contribution is 9.10. The van der Waals surface area contributed by atoms with Crippen LogP contribution < -0.4 is 14.8 Å². The van der Waals surface area contributed by atoms with Crippen molar-refractivity contribution in [2.75, 3.05) is 11.9 Å². The average molecular weight is 618 g/mol. The number of nitrogens with zero attached hydrogens (tertiary/aromatic N) is 1. The van der Waals surface area contributed by atoms with E-state index in [1.165, 1.54) is 17.7 Å². The zero-order valence-electron chi connectivity index (χ0n) is 22.6. The Morgan fingerprint density at radius 1 is 0.950 bits per heavy atom. The maximum atomic E-state index is 13.6. The Bertz CT molecular complexity index is 1470. The summed E-state index contributed by atoms with van der Waals surface area (Å²) in [6, 6.07) is 23.5. The van der Waals surface area contributed by atoms with Gasteiger partial charge in [0.25, 0.3) is 5.91 Å². The number of hydrogen-bond acceptors (Lipinski definition) is 5. The van der Waals surface area contributed by atoms with E-state index in [4.69, 9.17) is 14.5 Å². The molecule has 0 saturated carbocycles. The molecular weight excluding hydrogens is 584 g/mol. The number of thiophene rings is 1. The summed E-state index contributed by atoms with van der Waals surface area (Å²) in [4.78, 5) is 19.7. The Morgan fingerprint density at radius 2 is 1.73 bits per heavy atom. The summed E-state index contributed by atoms with van der Waals surface area (Å²) >= 11 is 5.12. The molecule has 1 N–H and O–H groups in total. The van der Waals surface area contributed by atoms with Crippen LogP contribution in [0, 0.1) is 0 Å². The molecule has 40 heavy (non-hydrogen) atoms. The summed E-state index contributed by atoms with van der Waals surface area (Å²) in [5.41, 5.74) is 4.62. The van der Waals surface area contributed by atoms with Crippen LogP contribution in [0.2, 0.25) is 0 Å². The Balaban J connectivity index is 1.40. The summed E-state index contributed by atoms with van der Waals surface area (Å²) in [6.07, 6.45) is 8.41. The standard InChI is InChI=1S/C33H33BrN2O3S/c1-2-38-29-20-24(16-19-28(29)39-22-23-14-17-25(34)18-15-23)21-35-33-31(32(37)36-26-10-6-5-7-11-26)27-12-8-3-4-9-13-30(27)40-33/h5-7,10-11,14-21H,2-4,8-9,12-13,22H2,1H3,(H,36,37). The number of anilines is 1. The van der Waals surface area contributed by atoms with E-state index in [1.807, 2.05) is 85.9 Å². The third kappa shape index (κ3) is 7.20. The molecule has 1 aliphatic carbocycles. The third-order valence-electron chi connectivity index (χ3n) is 6.82. The van der Waals surface area contributed by atoms with Gasteiger partial charge in [0, 0.05) is 21.3 Å². The van der Waals surface area contributed by atoms with Crippen LogP contribution >= 0.6 is 27.3 Å². The van der Waals surface area contributed by atoms with Crippen LogP contribution in [-0.2, 0) is 19.4 Å². The van der Waals surface area contributed by atoms with Gasteiger partial charge in [0.15, 0.2) is 11.5 Å². The molecule has 0 unspecified atom stereocenters. The molecule has 1 aliphatic rings. The molecule has 5 rings (SSSR count). The molecule has 7 heteroatoms. The second-order valence-electron chi connectivity index (χ2n) is 9.73. The number of halogens is 1. The summed E-state index contributed by atoms with van der Waals surface area (Å²) in [6.45, 7) is 2.93. The third-order valence-corrected chi connectivity index (χ3v) is 8.55. The predicted molar refractivity (Wildman–Crippen MR) is 168 cm³/mol. The highest BCUT2D eigenvalue weighted by atomic mass is 79.9. The lowest BCUT2D eigenvalue weighted by Crippen LogP contribution is -2.14. The van der Waals surface area contributed by atoms with Gasteiger partial charge in [0.05, 0.1) is 12.2 Å². The van der Waals surface area contributed by atoms with Crippen LogP contribution in [0.25, 0.3) is 0 Å². The van der Waals surface area contributed by atoms with Crippen molar-refractivity contribution in [2.45, 2.75) is 52.1 Å². The Labute approximate surface area is 248 Å². The van der Waals surface area contributed by atoms with Gasteiger partial charge in [-0.05, 0) is 91.8 Å². The van der Waals surface area contributed by atoms with E-state index in [0.29, 0.717) is 30.3 Å². The van der Waals surface area contributed by atoms with E-state index >= 15 is 0 Å². The lowest BCUT2D eigenvalue weighted by atomic mass is 9.96.